The van der Waals surface area contributed by atoms with Gasteiger partial charge in [0.15, 0.2) is 0 Å². The number of carbonyl (C=O) groups excluding carboxylic acids is 2. The molecular formula is C28H28N2O2. The Morgan fingerprint density at radius 1 is 0.688 bits per heavy atom. The Morgan fingerprint density at radius 3 is 2.03 bits per heavy atom. The molecule has 0 unspecified atom stereocenters. The maximum Gasteiger partial charge on any atom is 0.282 e. The summed E-state index contributed by atoms with van der Waals surface area (Å²) >= 11 is 0. The zero-order valence-corrected chi connectivity index (χ0v) is 19.5. The topological polar surface area (TPSA) is 49.4 Å². The minimum Gasteiger partial charge on any atom is -0.350 e. The number of nitrogens with one attached hydrogen (secondary N) is 1. The van der Waals surface area contributed by atoms with Crippen LogP contribution in [0.15, 0.2) is 60.3 Å². The molecule has 1 aliphatic rings. The van der Waals surface area contributed by atoms with Gasteiger partial charge in [-0.2, -0.15) is 0 Å². The lowest BCUT2D eigenvalue weighted by Crippen LogP contribution is -2.32. The van der Waals surface area contributed by atoms with Crippen molar-refractivity contribution in [2.24, 2.45) is 0 Å². The number of hydrogen-bond acceptors (Lipinski definition) is 3. The van der Waals surface area contributed by atoms with Crippen LogP contribution in [-0.4, -0.2) is 11.8 Å². The highest BCUT2D eigenvalue weighted by molar-refractivity contribution is 6.46. The molecule has 0 fully saturated rings. The normalized spacial score (nSPS) is 13.9. The predicted octanol–water partition coefficient (Wildman–Crippen LogP) is 5.93. The van der Waals surface area contributed by atoms with Gasteiger partial charge in [-0.05, 0) is 98.7 Å². The Labute approximate surface area is 189 Å². The summed E-state index contributed by atoms with van der Waals surface area (Å²) in [5.74, 6) is -0.648. The first-order valence-corrected chi connectivity index (χ1v) is 10.8. The van der Waals surface area contributed by atoms with Crippen LogP contribution in [0.5, 0.6) is 0 Å². The van der Waals surface area contributed by atoms with Gasteiger partial charge in [-0.3, -0.25) is 9.59 Å². The van der Waals surface area contributed by atoms with E-state index in [4.69, 9.17) is 0 Å². The molecule has 0 spiro atoms. The first kappa shape index (κ1) is 21.6. The average Bonchev–Trinajstić information content (AvgIpc) is 2.96. The standard InChI is InChI=1S/C28H28N2O2/c1-16-12-17(2)14-23(13-16)30-27(31)25(22-11-10-18(3)20(5)15-22)26(28(30)32)29-24-9-7-8-19(4)21(24)6/h7-15,29H,1-6H3. The number of carbonyl (C=O) groups is 2. The quantitative estimate of drug-likeness (QED) is 0.528. The van der Waals surface area contributed by atoms with Gasteiger partial charge < -0.3 is 5.32 Å². The van der Waals surface area contributed by atoms with Crippen molar-refractivity contribution in [2.75, 3.05) is 10.2 Å². The van der Waals surface area contributed by atoms with Crippen molar-refractivity contribution in [1.82, 2.24) is 0 Å². The van der Waals surface area contributed by atoms with E-state index < -0.39 is 0 Å². The lowest BCUT2D eigenvalue weighted by Gasteiger charge is -2.17. The van der Waals surface area contributed by atoms with Gasteiger partial charge in [0, 0.05) is 5.69 Å². The van der Waals surface area contributed by atoms with Crippen LogP contribution < -0.4 is 10.2 Å². The summed E-state index contributed by atoms with van der Waals surface area (Å²) in [6.45, 7) is 12.0. The third kappa shape index (κ3) is 3.73. The van der Waals surface area contributed by atoms with Crippen LogP contribution in [0.1, 0.15) is 38.9 Å². The maximum absolute atomic E-state index is 13.7. The summed E-state index contributed by atoms with van der Waals surface area (Å²) < 4.78 is 0. The molecule has 162 valence electrons. The van der Waals surface area contributed by atoms with Crippen LogP contribution in [0.4, 0.5) is 11.4 Å². The van der Waals surface area contributed by atoms with Crippen molar-refractivity contribution in [1.29, 1.82) is 0 Å². The molecule has 4 rings (SSSR count). The fourth-order valence-corrected chi connectivity index (χ4v) is 4.15. The highest BCUT2D eigenvalue weighted by atomic mass is 16.2. The summed E-state index contributed by atoms with van der Waals surface area (Å²) in [5.41, 5.74) is 9.26. The Balaban J connectivity index is 1.89. The second-order valence-electron chi connectivity index (χ2n) is 8.71. The van der Waals surface area contributed by atoms with Gasteiger partial charge in [0.25, 0.3) is 11.8 Å². The molecule has 0 bridgehead atoms. The second kappa shape index (κ2) is 8.12. The molecule has 4 nitrogen and oxygen atoms in total. The molecule has 0 saturated heterocycles. The summed E-state index contributed by atoms with van der Waals surface area (Å²) in [6, 6.07) is 17.6. The maximum atomic E-state index is 13.7. The van der Waals surface area contributed by atoms with Gasteiger partial charge in [0.1, 0.15) is 5.70 Å². The molecule has 1 aliphatic heterocycles. The van der Waals surface area contributed by atoms with Crippen molar-refractivity contribution in [3.8, 4) is 0 Å². The third-order valence-corrected chi connectivity index (χ3v) is 6.21. The number of aryl methyl sites for hydroxylation is 5. The van der Waals surface area contributed by atoms with Gasteiger partial charge in [-0.15, -0.1) is 0 Å². The molecule has 0 saturated carbocycles. The predicted molar refractivity (Wildman–Crippen MR) is 131 cm³/mol. The number of benzene rings is 3. The van der Waals surface area contributed by atoms with Crippen LogP contribution in [0.25, 0.3) is 5.57 Å². The molecule has 0 radical (unpaired) electrons. The van der Waals surface area contributed by atoms with Crippen LogP contribution in [-0.2, 0) is 9.59 Å². The number of rotatable bonds is 4. The van der Waals surface area contributed by atoms with E-state index in [1.165, 1.54) is 4.90 Å². The summed E-state index contributed by atoms with van der Waals surface area (Å²) in [4.78, 5) is 28.6. The fraction of sp³-hybridized carbons (Fsp3) is 0.214. The first-order chi connectivity index (χ1) is 15.2. The van der Waals surface area contributed by atoms with Crippen LogP contribution in [0, 0.1) is 41.5 Å². The van der Waals surface area contributed by atoms with E-state index in [-0.39, 0.29) is 11.8 Å². The molecule has 3 aromatic carbocycles. The number of imide groups is 1. The van der Waals surface area contributed by atoms with E-state index in [9.17, 15) is 9.59 Å². The van der Waals surface area contributed by atoms with Crippen LogP contribution in [0.2, 0.25) is 0 Å². The van der Waals surface area contributed by atoms with Crippen LogP contribution >= 0.6 is 0 Å². The summed E-state index contributed by atoms with van der Waals surface area (Å²) in [6.07, 6.45) is 0. The Hall–Kier alpha value is -3.66. The minimum absolute atomic E-state index is 0.309. The van der Waals surface area contributed by atoms with E-state index in [0.717, 1.165) is 44.6 Å². The van der Waals surface area contributed by atoms with Gasteiger partial charge in [0.2, 0.25) is 0 Å². The third-order valence-electron chi connectivity index (χ3n) is 6.21. The van der Waals surface area contributed by atoms with Crippen molar-refractivity contribution < 1.29 is 9.59 Å². The zero-order valence-electron chi connectivity index (χ0n) is 19.5. The molecule has 32 heavy (non-hydrogen) atoms. The number of hydrogen-bond donors (Lipinski definition) is 1. The number of amides is 2. The first-order valence-electron chi connectivity index (χ1n) is 10.8. The molecular weight excluding hydrogens is 396 g/mol. The average molecular weight is 425 g/mol. The summed E-state index contributed by atoms with van der Waals surface area (Å²) in [5, 5.41) is 3.31. The Kier molecular flexibility index (Phi) is 5.47. The molecule has 0 aromatic heterocycles. The smallest absolute Gasteiger partial charge is 0.282 e. The highest BCUT2D eigenvalue weighted by Gasteiger charge is 2.40. The van der Waals surface area contributed by atoms with E-state index in [2.05, 4.69) is 5.32 Å². The lowest BCUT2D eigenvalue weighted by atomic mass is 9.99. The highest BCUT2D eigenvalue weighted by Crippen LogP contribution is 2.35. The Morgan fingerprint density at radius 2 is 1.38 bits per heavy atom. The van der Waals surface area contributed by atoms with E-state index >= 15 is 0 Å². The van der Waals surface area contributed by atoms with Crippen molar-refractivity contribution in [3.63, 3.8) is 0 Å². The van der Waals surface area contributed by atoms with Gasteiger partial charge in [-0.1, -0.05) is 36.4 Å². The molecule has 3 aromatic rings. The number of anilines is 2. The lowest BCUT2D eigenvalue weighted by molar-refractivity contribution is -0.120. The molecule has 1 N–H and O–H groups in total. The van der Waals surface area contributed by atoms with Crippen molar-refractivity contribution in [3.05, 3.63) is 99.2 Å². The molecule has 2 amide bonds. The second-order valence-corrected chi connectivity index (χ2v) is 8.71. The van der Waals surface area contributed by atoms with Crippen molar-refractivity contribution in [2.45, 2.75) is 41.5 Å². The van der Waals surface area contributed by atoms with Gasteiger partial charge in [0.05, 0.1) is 11.3 Å². The summed E-state index contributed by atoms with van der Waals surface area (Å²) in [7, 11) is 0. The fourth-order valence-electron chi connectivity index (χ4n) is 4.15. The van der Waals surface area contributed by atoms with Gasteiger partial charge >= 0.3 is 0 Å². The van der Waals surface area contributed by atoms with Crippen molar-refractivity contribution >= 4 is 28.8 Å². The van der Waals surface area contributed by atoms with E-state index in [1.54, 1.807) is 0 Å². The molecule has 0 atom stereocenters. The van der Waals surface area contributed by atoms with E-state index in [1.807, 2.05) is 96.1 Å². The monoisotopic (exact) mass is 424 g/mol. The van der Waals surface area contributed by atoms with Gasteiger partial charge in [-0.25, -0.2) is 4.90 Å². The molecule has 0 aliphatic carbocycles. The van der Waals surface area contributed by atoms with Crippen LogP contribution in [0.3, 0.4) is 0 Å². The molecule has 4 heteroatoms. The molecule has 1 heterocycles. The number of nitrogens with zero attached hydrogens (tertiary/aromatic N) is 1. The zero-order chi connectivity index (χ0) is 23.2. The largest absolute Gasteiger partial charge is 0.350 e. The SMILES string of the molecule is Cc1cc(C)cc(N2C(=O)C(Nc3cccc(C)c3C)=C(c3ccc(C)c(C)c3)C2=O)c1. The Bertz CT molecular complexity index is 1280. The minimum atomic E-state index is -0.339. The van der Waals surface area contributed by atoms with E-state index in [0.29, 0.717) is 17.0 Å².